The van der Waals surface area contributed by atoms with E-state index in [9.17, 15) is 8.42 Å². The zero-order valence-electron chi connectivity index (χ0n) is 11.7. The summed E-state index contributed by atoms with van der Waals surface area (Å²) in [5, 5.41) is 18.3. The van der Waals surface area contributed by atoms with Crippen LogP contribution in [-0.4, -0.2) is 41.8 Å². The molecule has 0 aliphatic rings. The second-order valence-corrected chi connectivity index (χ2v) is 6.26. The van der Waals surface area contributed by atoms with Gasteiger partial charge in [-0.1, -0.05) is 0 Å². The summed E-state index contributed by atoms with van der Waals surface area (Å²) in [4.78, 5) is 7.79. The van der Waals surface area contributed by atoms with Gasteiger partial charge in [-0.2, -0.15) is 0 Å². The molecule has 0 aliphatic heterocycles. The van der Waals surface area contributed by atoms with E-state index in [4.69, 9.17) is 14.8 Å². The van der Waals surface area contributed by atoms with Crippen molar-refractivity contribution in [3.63, 3.8) is 0 Å². The number of sulfonamides is 1. The molecule has 0 atom stereocenters. The highest BCUT2D eigenvalue weighted by Crippen LogP contribution is 2.22. The number of nitrogens with zero attached hydrogens (tertiary/aromatic N) is 2. The average Bonchev–Trinajstić information content (AvgIpc) is 2.45. The topological polar surface area (TPSA) is 122 Å². The summed E-state index contributed by atoms with van der Waals surface area (Å²) in [6, 6.07) is 4.74. The second kappa shape index (κ2) is 6.73. The Labute approximate surface area is 128 Å². The monoisotopic (exact) mass is 323 g/mol. The number of rotatable bonds is 6. The quantitative estimate of drug-likeness (QED) is 0.589. The van der Waals surface area contributed by atoms with Crippen molar-refractivity contribution in [2.24, 2.45) is 0 Å². The van der Waals surface area contributed by atoms with E-state index in [0.717, 1.165) is 11.8 Å². The van der Waals surface area contributed by atoms with Crippen LogP contribution < -0.4 is 14.9 Å². The van der Waals surface area contributed by atoms with Crippen LogP contribution in [-0.2, 0) is 16.6 Å². The molecule has 10 heteroatoms. The fraction of sp³-hybridized carbons (Fsp3) is 0.167. The molecule has 0 amide bonds. The van der Waals surface area contributed by atoms with Gasteiger partial charge in [0.15, 0.2) is 0 Å². The summed E-state index contributed by atoms with van der Waals surface area (Å²) < 4.78 is 30.5. The fourth-order valence-corrected chi connectivity index (χ4v) is 2.17. The van der Waals surface area contributed by atoms with Gasteiger partial charge in [-0.15, -0.1) is 0 Å². The van der Waals surface area contributed by atoms with Crippen LogP contribution in [0.2, 0.25) is 0 Å². The Morgan fingerprint density at radius 3 is 2.59 bits per heavy atom. The normalized spacial score (nSPS) is 11.0. The van der Waals surface area contributed by atoms with Gasteiger partial charge >= 0.3 is 7.12 Å². The third-order valence-corrected chi connectivity index (χ3v) is 3.18. The van der Waals surface area contributed by atoms with Crippen LogP contribution in [0.3, 0.4) is 0 Å². The van der Waals surface area contributed by atoms with Crippen molar-refractivity contribution in [1.29, 1.82) is 0 Å². The maximum absolute atomic E-state index is 11.4. The van der Waals surface area contributed by atoms with E-state index in [-0.39, 0.29) is 23.6 Å². The van der Waals surface area contributed by atoms with Crippen molar-refractivity contribution in [1.82, 2.24) is 9.97 Å². The van der Waals surface area contributed by atoms with Crippen LogP contribution in [0.1, 0.15) is 5.56 Å². The first kappa shape index (κ1) is 16.2. The van der Waals surface area contributed by atoms with Gasteiger partial charge in [0.05, 0.1) is 6.26 Å². The number of nitrogens with one attached hydrogen (secondary N) is 1. The van der Waals surface area contributed by atoms with Crippen molar-refractivity contribution < 1.29 is 23.2 Å². The molecule has 116 valence electrons. The minimum atomic E-state index is -3.57. The van der Waals surface area contributed by atoms with Crippen LogP contribution in [0.4, 0.5) is 5.69 Å². The van der Waals surface area contributed by atoms with Gasteiger partial charge in [-0.3, -0.25) is 9.71 Å². The summed E-state index contributed by atoms with van der Waals surface area (Å²) >= 11 is 0. The van der Waals surface area contributed by atoms with Gasteiger partial charge in [0.2, 0.25) is 15.9 Å². The molecule has 0 fully saturated rings. The first-order chi connectivity index (χ1) is 10.3. The van der Waals surface area contributed by atoms with E-state index in [1.54, 1.807) is 24.5 Å². The minimum Gasteiger partial charge on any atom is -0.471 e. The average molecular weight is 323 g/mol. The molecule has 0 spiro atoms. The van der Waals surface area contributed by atoms with Gasteiger partial charge in [-0.05, 0) is 23.8 Å². The molecule has 0 radical (unpaired) electrons. The molecule has 8 nitrogen and oxygen atoms in total. The zero-order chi connectivity index (χ0) is 16.2. The number of hydrogen-bond donors (Lipinski definition) is 3. The van der Waals surface area contributed by atoms with Crippen LogP contribution in [0.25, 0.3) is 0 Å². The summed E-state index contributed by atoms with van der Waals surface area (Å²) in [5.74, 6) is 0.0339. The summed E-state index contributed by atoms with van der Waals surface area (Å²) in [7, 11) is -5.33. The first-order valence-electron chi connectivity index (χ1n) is 6.21. The Balaban J connectivity index is 2.25. The zero-order valence-corrected chi connectivity index (χ0v) is 12.5. The number of aromatic nitrogens is 2. The van der Waals surface area contributed by atoms with Crippen molar-refractivity contribution in [3.05, 3.63) is 42.4 Å². The molecule has 0 bridgehead atoms. The standard InChI is InChI=1S/C12H14BN3O5S/c1-22(19,20)16-11-6-10(13(17)18)7-15-12(11)21-8-9-2-4-14-5-3-9/h2-7,16-18H,8H2,1H3. The molecule has 2 rings (SSSR count). The predicted octanol–water partition coefficient (Wildman–Crippen LogP) is -0.893. The highest BCUT2D eigenvalue weighted by molar-refractivity contribution is 7.92. The lowest BCUT2D eigenvalue weighted by atomic mass is 9.81. The predicted molar refractivity (Wildman–Crippen MR) is 81.1 cm³/mol. The van der Waals surface area contributed by atoms with E-state index >= 15 is 0 Å². The molecule has 0 unspecified atom stereocenters. The SMILES string of the molecule is CS(=O)(=O)Nc1cc(B(O)O)cnc1OCc1ccncc1. The number of anilines is 1. The van der Waals surface area contributed by atoms with E-state index in [0.29, 0.717) is 0 Å². The van der Waals surface area contributed by atoms with Crippen molar-refractivity contribution in [3.8, 4) is 5.88 Å². The molecule has 0 saturated heterocycles. The lowest BCUT2D eigenvalue weighted by Gasteiger charge is -2.12. The summed E-state index contributed by atoms with van der Waals surface area (Å²) in [6.07, 6.45) is 5.38. The number of ether oxygens (including phenoxy) is 1. The molecule has 2 aromatic rings. The molecule has 22 heavy (non-hydrogen) atoms. The van der Waals surface area contributed by atoms with Crippen LogP contribution in [0, 0.1) is 0 Å². The van der Waals surface area contributed by atoms with Crippen molar-refractivity contribution in [2.75, 3.05) is 11.0 Å². The third kappa shape index (κ3) is 4.69. The molecule has 2 heterocycles. The third-order valence-electron chi connectivity index (χ3n) is 2.59. The van der Waals surface area contributed by atoms with E-state index in [1.807, 2.05) is 0 Å². The lowest BCUT2D eigenvalue weighted by Crippen LogP contribution is -2.31. The Morgan fingerprint density at radius 1 is 1.32 bits per heavy atom. The van der Waals surface area contributed by atoms with E-state index in [1.165, 1.54) is 12.3 Å². The highest BCUT2D eigenvalue weighted by atomic mass is 32.2. The smallest absolute Gasteiger partial charge is 0.471 e. The van der Waals surface area contributed by atoms with Gasteiger partial charge in [0, 0.05) is 24.1 Å². The van der Waals surface area contributed by atoms with Gasteiger partial charge in [-0.25, -0.2) is 13.4 Å². The van der Waals surface area contributed by atoms with Crippen LogP contribution in [0.5, 0.6) is 5.88 Å². The van der Waals surface area contributed by atoms with Gasteiger partial charge < -0.3 is 14.8 Å². The van der Waals surface area contributed by atoms with E-state index < -0.39 is 17.1 Å². The van der Waals surface area contributed by atoms with E-state index in [2.05, 4.69) is 14.7 Å². The maximum Gasteiger partial charge on any atom is 0.490 e. The Hall–Kier alpha value is -2.17. The summed E-state index contributed by atoms with van der Waals surface area (Å²) in [5.41, 5.74) is 0.901. The first-order valence-corrected chi connectivity index (χ1v) is 8.10. The van der Waals surface area contributed by atoms with Crippen molar-refractivity contribution >= 4 is 28.3 Å². The number of hydrogen-bond acceptors (Lipinski definition) is 7. The molecule has 0 aliphatic carbocycles. The molecular weight excluding hydrogens is 309 g/mol. The Morgan fingerprint density at radius 2 is 2.00 bits per heavy atom. The van der Waals surface area contributed by atoms with Gasteiger partial charge in [0.1, 0.15) is 12.3 Å². The Kier molecular flexibility index (Phi) is 4.96. The fourth-order valence-electron chi connectivity index (χ4n) is 1.63. The van der Waals surface area contributed by atoms with Crippen molar-refractivity contribution in [2.45, 2.75) is 6.61 Å². The largest absolute Gasteiger partial charge is 0.490 e. The van der Waals surface area contributed by atoms with Crippen LogP contribution >= 0.6 is 0 Å². The highest BCUT2D eigenvalue weighted by Gasteiger charge is 2.17. The molecule has 0 saturated carbocycles. The molecule has 3 N–H and O–H groups in total. The molecule has 2 aromatic heterocycles. The minimum absolute atomic E-state index is 0.0298. The second-order valence-electron chi connectivity index (χ2n) is 4.51. The Bertz CT molecular complexity index is 740. The molecule has 0 aromatic carbocycles. The number of pyridine rings is 2. The van der Waals surface area contributed by atoms with Gasteiger partial charge in [0.25, 0.3) is 0 Å². The van der Waals surface area contributed by atoms with Crippen LogP contribution in [0.15, 0.2) is 36.8 Å². The lowest BCUT2D eigenvalue weighted by molar-refractivity contribution is 0.295. The summed E-state index contributed by atoms with van der Waals surface area (Å²) in [6.45, 7) is 0.162. The molecular formula is C12H14BN3O5S. The maximum atomic E-state index is 11.4.